The fraction of sp³-hybridized carbons (Fsp3) is 0.364. The Balaban J connectivity index is 1.55. The van der Waals surface area contributed by atoms with E-state index in [1.807, 2.05) is 49.9 Å². The Bertz CT molecular complexity index is 1180. The van der Waals surface area contributed by atoms with Gasteiger partial charge in [-0.1, -0.05) is 41.6 Å². The molecule has 0 unspecified atom stereocenters. The minimum atomic E-state index is -3.12. The first kappa shape index (κ1) is 22.2. The maximum Gasteiger partial charge on any atom is 0.234 e. The molecule has 0 saturated carbocycles. The zero-order valence-electron chi connectivity index (χ0n) is 17.6. The van der Waals surface area contributed by atoms with Gasteiger partial charge in [-0.25, -0.2) is 8.42 Å². The Labute approximate surface area is 192 Å². The van der Waals surface area contributed by atoms with Gasteiger partial charge in [-0.3, -0.25) is 9.79 Å². The van der Waals surface area contributed by atoms with Gasteiger partial charge in [0.1, 0.15) is 0 Å². The van der Waals surface area contributed by atoms with Crippen molar-refractivity contribution in [2.24, 2.45) is 4.99 Å². The Morgan fingerprint density at radius 2 is 2.00 bits per heavy atom. The van der Waals surface area contributed by atoms with Crippen molar-refractivity contribution < 1.29 is 13.2 Å². The average molecular weight is 478 g/mol. The normalized spacial score (nSPS) is 21.7. The smallest absolute Gasteiger partial charge is 0.234 e. The minimum absolute atomic E-state index is 0.0526. The number of aliphatic imine (C=N–C) groups is 1. The van der Waals surface area contributed by atoms with Crippen molar-refractivity contribution in [2.75, 3.05) is 27.5 Å². The van der Waals surface area contributed by atoms with E-state index >= 15 is 0 Å². The number of halogens is 1. The van der Waals surface area contributed by atoms with Gasteiger partial charge >= 0.3 is 0 Å². The highest BCUT2D eigenvalue weighted by molar-refractivity contribution is 8.14. The largest absolute Gasteiger partial charge is 0.325 e. The van der Waals surface area contributed by atoms with Crippen molar-refractivity contribution in [3.63, 3.8) is 0 Å². The lowest BCUT2D eigenvalue weighted by molar-refractivity contribution is -0.113. The summed E-state index contributed by atoms with van der Waals surface area (Å²) in [6, 6.07) is 11.0. The third kappa shape index (κ3) is 4.61. The average Bonchev–Trinajstić information content (AvgIpc) is 3.17. The molecular weight excluding hydrogens is 454 g/mol. The van der Waals surface area contributed by atoms with Crippen LogP contribution in [-0.4, -0.2) is 48.8 Å². The van der Waals surface area contributed by atoms with Crippen molar-refractivity contribution in [1.82, 2.24) is 0 Å². The van der Waals surface area contributed by atoms with Gasteiger partial charge in [0.15, 0.2) is 15.0 Å². The molecule has 4 rings (SSSR count). The van der Waals surface area contributed by atoms with Gasteiger partial charge in [-0.15, -0.1) is 0 Å². The molecule has 6 nitrogen and oxygen atoms in total. The number of aryl methyl sites for hydroxylation is 2. The molecule has 1 saturated heterocycles. The van der Waals surface area contributed by atoms with E-state index < -0.39 is 9.84 Å². The quantitative estimate of drug-likeness (QED) is 0.720. The third-order valence-corrected chi connectivity index (χ3v) is 8.68. The van der Waals surface area contributed by atoms with Gasteiger partial charge in [0.2, 0.25) is 5.91 Å². The van der Waals surface area contributed by atoms with Crippen LogP contribution in [0.5, 0.6) is 0 Å². The molecule has 2 aliphatic rings. The van der Waals surface area contributed by atoms with Crippen LogP contribution >= 0.6 is 23.4 Å². The number of anilines is 2. The molecule has 0 spiro atoms. The number of thioether (sulfide) groups is 1. The van der Waals surface area contributed by atoms with Gasteiger partial charge in [-0.2, -0.15) is 0 Å². The number of amidine groups is 1. The van der Waals surface area contributed by atoms with Crippen molar-refractivity contribution in [1.29, 1.82) is 0 Å². The van der Waals surface area contributed by atoms with Crippen LogP contribution in [0.3, 0.4) is 0 Å². The number of benzene rings is 2. The van der Waals surface area contributed by atoms with E-state index in [0.717, 1.165) is 22.4 Å². The van der Waals surface area contributed by atoms with Crippen LogP contribution in [0.4, 0.5) is 11.4 Å². The molecule has 9 heteroatoms. The molecule has 2 atom stereocenters. The fourth-order valence-corrected chi connectivity index (χ4v) is 6.89. The van der Waals surface area contributed by atoms with Gasteiger partial charge in [0, 0.05) is 16.4 Å². The van der Waals surface area contributed by atoms with Gasteiger partial charge in [0.05, 0.1) is 29.3 Å². The number of carbonyl (C=O) groups is 1. The van der Waals surface area contributed by atoms with Crippen LogP contribution in [0.1, 0.15) is 16.7 Å². The lowest BCUT2D eigenvalue weighted by Gasteiger charge is -2.28. The second kappa shape index (κ2) is 8.48. The fourth-order valence-electron chi connectivity index (χ4n) is 3.95. The summed E-state index contributed by atoms with van der Waals surface area (Å²) in [6.45, 7) is 5.87. The van der Waals surface area contributed by atoms with Gasteiger partial charge in [0.25, 0.3) is 0 Å². The molecule has 0 aliphatic carbocycles. The zero-order valence-corrected chi connectivity index (χ0v) is 19.9. The molecule has 31 heavy (non-hydrogen) atoms. The Kier molecular flexibility index (Phi) is 6.07. The second-order valence-corrected chi connectivity index (χ2v) is 11.5. The van der Waals surface area contributed by atoms with E-state index in [4.69, 9.17) is 16.6 Å². The Morgan fingerprint density at radius 3 is 2.77 bits per heavy atom. The number of hydrogen-bond acceptors (Lipinski definition) is 6. The van der Waals surface area contributed by atoms with E-state index in [2.05, 4.69) is 5.32 Å². The molecule has 1 amide bonds. The van der Waals surface area contributed by atoms with Crippen LogP contribution in [0, 0.1) is 20.8 Å². The molecule has 1 N–H and O–H groups in total. The molecule has 0 radical (unpaired) electrons. The zero-order chi connectivity index (χ0) is 22.3. The van der Waals surface area contributed by atoms with Crippen LogP contribution < -0.4 is 10.2 Å². The highest BCUT2D eigenvalue weighted by Gasteiger charge is 2.47. The number of hydrogen-bond donors (Lipinski definition) is 1. The van der Waals surface area contributed by atoms with E-state index in [1.54, 1.807) is 12.1 Å². The maximum absolute atomic E-state index is 12.6. The molecule has 2 aromatic rings. The number of nitrogens with one attached hydrogen (secondary N) is 1. The maximum atomic E-state index is 12.6. The van der Waals surface area contributed by atoms with E-state index in [-0.39, 0.29) is 35.2 Å². The molecule has 0 bridgehead atoms. The number of sulfone groups is 1. The summed E-state index contributed by atoms with van der Waals surface area (Å²) in [4.78, 5) is 19.3. The van der Waals surface area contributed by atoms with Crippen LogP contribution in [0.15, 0.2) is 41.4 Å². The van der Waals surface area contributed by atoms with Crippen molar-refractivity contribution in [2.45, 2.75) is 32.9 Å². The predicted octanol–water partition coefficient (Wildman–Crippen LogP) is 3.98. The second-order valence-electron chi connectivity index (χ2n) is 8.03. The Morgan fingerprint density at radius 1 is 1.23 bits per heavy atom. The predicted molar refractivity (Wildman–Crippen MR) is 129 cm³/mol. The highest BCUT2D eigenvalue weighted by Crippen LogP contribution is 2.37. The number of carbonyl (C=O) groups excluding carboxylic acids is 1. The lowest BCUT2D eigenvalue weighted by Crippen LogP contribution is -2.40. The molecule has 0 aromatic heterocycles. The number of nitrogens with zero attached hydrogens (tertiary/aromatic N) is 2. The SMILES string of the molecule is Cc1ccc(C)c(N2C(SCC(=O)Nc3cccc(Cl)c3C)=N[C@@H]3CS(=O)(=O)C[C@@H]32)c1. The summed E-state index contributed by atoms with van der Waals surface area (Å²) in [6.07, 6.45) is 0. The first-order chi connectivity index (χ1) is 14.6. The summed E-state index contributed by atoms with van der Waals surface area (Å²) in [5, 5.41) is 4.19. The monoisotopic (exact) mass is 477 g/mol. The molecule has 164 valence electrons. The summed E-state index contributed by atoms with van der Waals surface area (Å²) >= 11 is 7.47. The van der Waals surface area contributed by atoms with Crippen molar-refractivity contribution in [3.05, 3.63) is 58.1 Å². The highest BCUT2D eigenvalue weighted by atomic mass is 35.5. The molecule has 2 heterocycles. The number of amides is 1. The summed E-state index contributed by atoms with van der Waals surface area (Å²) in [5.74, 6) is 0.130. The molecule has 2 aliphatic heterocycles. The van der Waals surface area contributed by atoms with E-state index in [0.29, 0.717) is 15.9 Å². The number of rotatable bonds is 4. The molecule has 2 aromatic carbocycles. The van der Waals surface area contributed by atoms with Crippen molar-refractivity contribution >= 4 is 55.6 Å². The molecule has 1 fully saturated rings. The first-order valence-electron chi connectivity index (χ1n) is 9.97. The summed E-state index contributed by atoms with van der Waals surface area (Å²) in [5.41, 5.74) is 4.58. The minimum Gasteiger partial charge on any atom is -0.325 e. The topological polar surface area (TPSA) is 78.8 Å². The Hall–Kier alpha value is -2.03. The first-order valence-corrected chi connectivity index (χ1v) is 13.2. The third-order valence-electron chi connectivity index (χ3n) is 5.61. The summed E-state index contributed by atoms with van der Waals surface area (Å²) < 4.78 is 24.5. The van der Waals surface area contributed by atoms with Crippen LogP contribution in [0.25, 0.3) is 0 Å². The molecular formula is C22H24ClN3O3S2. The van der Waals surface area contributed by atoms with E-state index in [1.165, 1.54) is 11.8 Å². The summed E-state index contributed by atoms with van der Waals surface area (Å²) in [7, 11) is -3.12. The van der Waals surface area contributed by atoms with Crippen LogP contribution in [-0.2, 0) is 14.6 Å². The standard InChI is InChI=1S/C22H24ClN3O3S2/c1-13-7-8-14(2)19(9-13)26-20-12-31(28,29)11-18(20)25-22(26)30-10-21(27)24-17-6-4-5-16(23)15(17)3/h4-9,18,20H,10-12H2,1-3H3,(H,24,27)/t18-,20+/m1/s1. The lowest BCUT2D eigenvalue weighted by atomic mass is 10.1. The van der Waals surface area contributed by atoms with E-state index in [9.17, 15) is 13.2 Å². The van der Waals surface area contributed by atoms with Gasteiger partial charge in [-0.05, 0) is 55.7 Å². The van der Waals surface area contributed by atoms with Crippen molar-refractivity contribution in [3.8, 4) is 0 Å². The van der Waals surface area contributed by atoms with Gasteiger partial charge < -0.3 is 10.2 Å². The van der Waals surface area contributed by atoms with Crippen LogP contribution in [0.2, 0.25) is 5.02 Å². The number of fused-ring (bicyclic) bond motifs is 1.